The minimum absolute atomic E-state index is 0.0143. The highest BCUT2D eigenvalue weighted by Gasteiger charge is 2.30. The van der Waals surface area contributed by atoms with E-state index in [9.17, 15) is 14.0 Å². The molecule has 0 spiro atoms. The van der Waals surface area contributed by atoms with E-state index < -0.39 is 6.04 Å². The SMILES string of the molecule is CC(C)[C@H](N)C(=O)N1CCC(C(=O)NCc2ccc(F)cc2)CC1. The van der Waals surface area contributed by atoms with E-state index >= 15 is 0 Å². The van der Waals surface area contributed by atoms with Crippen molar-refractivity contribution < 1.29 is 14.0 Å². The zero-order valence-corrected chi connectivity index (χ0v) is 14.3. The predicted molar refractivity (Wildman–Crippen MR) is 90.4 cm³/mol. The molecule has 6 heteroatoms. The van der Waals surface area contributed by atoms with E-state index in [1.807, 2.05) is 13.8 Å². The second kappa shape index (κ2) is 8.24. The number of likely N-dealkylation sites (tertiary alicyclic amines) is 1. The Morgan fingerprint density at radius 2 is 1.83 bits per heavy atom. The van der Waals surface area contributed by atoms with Crippen LogP contribution in [0.25, 0.3) is 0 Å². The second-order valence-electron chi connectivity index (χ2n) is 6.71. The predicted octanol–water partition coefficient (Wildman–Crippen LogP) is 1.66. The number of nitrogens with one attached hydrogen (secondary N) is 1. The van der Waals surface area contributed by atoms with Gasteiger partial charge >= 0.3 is 0 Å². The zero-order valence-electron chi connectivity index (χ0n) is 14.3. The first-order valence-electron chi connectivity index (χ1n) is 8.45. The van der Waals surface area contributed by atoms with Gasteiger partial charge in [0, 0.05) is 25.6 Å². The van der Waals surface area contributed by atoms with Gasteiger partial charge in [-0.2, -0.15) is 0 Å². The minimum atomic E-state index is -0.478. The third-order valence-electron chi connectivity index (χ3n) is 4.56. The van der Waals surface area contributed by atoms with E-state index in [-0.39, 0.29) is 29.5 Å². The average molecular weight is 335 g/mol. The molecule has 1 aromatic rings. The molecule has 0 aliphatic carbocycles. The number of halogens is 1. The number of hydrogen-bond donors (Lipinski definition) is 2. The molecule has 24 heavy (non-hydrogen) atoms. The lowest BCUT2D eigenvalue weighted by molar-refractivity contribution is -0.137. The summed E-state index contributed by atoms with van der Waals surface area (Å²) in [5.74, 6) is -0.324. The van der Waals surface area contributed by atoms with Gasteiger partial charge in [0.05, 0.1) is 6.04 Å². The monoisotopic (exact) mass is 335 g/mol. The van der Waals surface area contributed by atoms with Crippen LogP contribution in [0.5, 0.6) is 0 Å². The van der Waals surface area contributed by atoms with Crippen molar-refractivity contribution in [3.05, 3.63) is 35.6 Å². The molecular weight excluding hydrogens is 309 g/mol. The zero-order chi connectivity index (χ0) is 17.7. The molecule has 1 aliphatic rings. The maximum atomic E-state index is 12.9. The van der Waals surface area contributed by atoms with E-state index in [0.29, 0.717) is 32.5 Å². The van der Waals surface area contributed by atoms with Gasteiger partial charge in [-0.05, 0) is 36.5 Å². The van der Waals surface area contributed by atoms with Gasteiger partial charge in [0.25, 0.3) is 0 Å². The summed E-state index contributed by atoms with van der Waals surface area (Å²) < 4.78 is 12.9. The van der Waals surface area contributed by atoms with Crippen LogP contribution in [-0.4, -0.2) is 35.8 Å². The van der Waals surface area contributed by atoms with Gasteiger partial charge < -0.3 is 16.0 Å². The lowest BCUT2D eigenvalue weighted by Crippen LogP contribution is -2.50. The first kappa shape index (κ1) is 18.4. The largest absolute Gasteiger partial charge is 0.352 e. The van der Waals surface area contributed by atoms with Gasteiger partial charge in [-0.1, -0.05) is 26.0 Å². The molecule has 0 unspecified atom stereocenters. The number of carbonyl (C=O) groups excluding carboxylic acids is 2. The number of benzene rings is 1. The van der Waals surface area contributed by atoms with Crippen LogP contribution in [0, 0.1) is 17.7 Å². The van der Waals surface area contributed by atoms with Crippen molar-refractivity contribution in [2.75, 3.05) is 13.1 Å². The van der Waals surface area contributed by atoms with Crippen molar-refractivity contribution in [2.24, 2.45) is 17.6 Å². The summed E-state index contributed by atoms with van der Waals surface area (Å²) in [5, 5.41) is 2.88. The smallest absolute Gasteiger partial charge is 0.239 e. The molecule has 0 aromatic heterocycles. The molecule has 1 heterocycles. The number of rotatable bonds is 5. The summed E-state index contributed by atoms with van der Waals surface area (Å²) in [6.07, 6.45) is 1.29. The van der Waals surface area contributed by atoms with Gasteiger partial charge in [0.15, 0.2) is 0 Å². The Morgan fingerprint density at radius 1 is 1.25 bits per heavy atom. The van der Waals surface area contributed by atoms with Gasteiger partial charge in [0.2, 0.25) is 11.8 Å². The fourth-order valence-electron chi connectivity index (χ4n) is 2.79. The molecule has 0 bridgehead atoms. The molecule has 132 valence electrons. The van der Waals surface area contributed by atoms with Crippen molar-refractivity contribution in [3.63, 3.8) is 0 Å². The van der Waals surface area contributed by atoms with Gasteiger partial charge in [-0.15, -0.1) is 0 Å². The quantitative estimate of drug-likeness (QED) is 0.859. The Hall–Kier alpha value is -1.95. The van der Waals surface area contributed by atoms with Crippen molar-refractivity contribution in [1.82, 2.24) is 10.2 Å². The topological polar surface area (TPSA) is 75.4 Å². The molecule has 0 saturated carbocycles. The van der Waals surface area contributed by atoms with Crippen molar-refractivity contribution in [3.8, 4) is 0 Å². The summed E-state index contributed by atoms with van der Waals surface area (Å²) >= 11 is 0. The molecule has 1 aromatic carbocycles. The van der Waals surface area contributed by atoms with Crippen LogP contribution < -0.4 is 11.1 Å². The lowest BCUT2D eigenvalue weighted by Gasteiger charge is -2.33. The molecule has 1 aliphatic heterocycles. The van der Waals surface area contributed by atoms with Crippen LogP contribution in [0.1, 0.15) is 32.3 Å². The van der Waals surface area contributed by atoms with Crippen LogP contribution in [0.2, 0.25) is 0 Å². The van der Waals surface area contributed by atoms with Crippen LogP contribution in [0.4, 0.5) is 4.39 Å². The lowest BCUT2D eigenvalue weighted by atomic mass is 9.94. The maximum absolute atomic E-state index is 12.9. The van der Waals surface area contributed by atoms with Crippen molar-refractivity contribution in [2.45, 2.75) is 39.3 Å². The molecule has 2 rings (SSSR count). The van der Waals surface area contributed by atoms with Gasteiger partial charge in [-0.25, -0.2) is 4.39 Å². The molecule has 1 saturated heterocycles. The van der Waals surface area contributed by atoms with Crippen LogP contribution >= 0.6 is 0 Å². The maximum Gasteiger partial charge on any atom is 0.239 e. The summed E-state index contributed by atoms with van der Waals surface area (Å²) in [5.41, 5.74) is 6.77. The molecule has 5 nitrogen and oxygen atoms in total. The van der Waals surface area contributed by atoms with Crippen LogP contribution in [-0.2, 0) is 16.1 Å². The Balaban J connectivity index is 1.78. The first-order valence-corrected chi connectivity index (χ1v) is 8.45. The molecule has 1 fully saturated rings. The average Bonchev–Trinajstić information content (AvgIpc) is 2.59. The van der Waals surface area contributed by atoms with Crippen LogP contribution in [0.3, 0.4) is 0 Å². The third kappa shape index (κ3) is 4.77. The van der Waals surface area contributed by atoms with E-state index in [2.05, 4.69) is 5.32 Å². The number of nitrogens with zero attached hydrogens (tertiary/aromatic N) is 1. The Morgan fingerprint density at radius 3 is 2.38 bits per heavy atom. The van der Waals surface area contributed by atoms with Crippen molar-refractivity contribution in [1.29, 1.82) is 0 Å². The molecule has 3 N–H and O–H groups in total. The van der Waals surface area contributed by atoms with E-state index in [1.165, 1.54) is 12.1 Å². The highest BCUT2D eigenvalue weighted by molar-refractivity contribution is 5.83. The highest BCUT2D eigenvalue weighted by Crippen LogP contribution is 2.19. The molecular formula is C18H26FN3O2. The summed E-state index contributed by atoms with van der Waals surface area (Å²) in [6.45, 7) is 5.37. The summed E-state index contributed by atoms with van der Waals surface area (Å²) in [6, 6.07) is 5.59. The molecule has 2 amide bonds. The summed E-state index contributed by atoms with van der Waals surface area (Å²) in [4.78, 5) is 26.2. The first-order chi connectivity index (χ1) is 11.4. The standard InChI is InChI=1S/C18H26FN3O2/c1-12(2)16(20)18(24)22-9-7-14(8-10-22)17(23)21-11-13-3-5-15(19)6-4-13/h3-6,12,14,16H,7-11,20H2,1-2H3,(H,21,23)/t16-/m0/s1. The minimum Gasteiger partial charge on any atom is -0.352 e. The number of hydrogen-bond acceptors (Lipinski definition) is 3. The number of piperidine rings is 1. The highest BCUT2D eigenvalue weighted by atomic mass is 19.1. The fourth-order valence-corrected chi connectivity index (χ4v) is 2.79. The number of carbonyl (C=O) groups is 2. The number of amides is 2. The van der Waals surface area contributed by atoms with E-state index in [4.69, 9.17) is 5.73 Å². The Bertz CT molecular complexity index is 566. The summed E-state index contributed by atoms with van der Waals surface area (Å²) in [7, 11) is 0. The molecule has 0 radical (unpaired) electrons. The third-order valence-corrected chi connectivity index (χ3v) is 4.56. The van der Waals surface area contributed by atoms with Gasteiger partial charge in [-0.3, -0.25) is 9.59 Å². The Labute approximate surface area is 142 Å². The number of nitrogens with two attached hydrogens (primary N) is 1. The van der Waals surface area contributed by atoms with Gasteiger partial charge in [0.1, 0.15) is 5.82 Å². The van der Waals surface area contributed by atoms with Crippen LogP contribution in [0.15, 0.2) is 24.3 Å². The Kier molecular flexibility index (Phi) is 6.31. The van der Waals surface area contributed by atoms with E-state index in [1.54, 1.807) is 17.0 Å². The van der Waals surface area contributed by atoms with E-state index in [0.717, 1.165) is 5.56 Å². The second-order valence-corrected chi connectivity index (χ2v) is 6.71. The normalized spacial score (nSPS) is 17.0. The fraction of sp³-hybridized carbons (Fsp3) is 0.556. The van der Waals surface area contributed by atoms with Crippen molar-refractivity contribution >= 4 is 11.8 Å². The molecule has 1 atom stereocenters.